The molecule has 0 aliphatic heterocycles. The molecule has 0 aromatic heterocycles. The number of urea groups is 1. The Labute approximate surface area is 117 Å². The molecule has 0 radical (unpaired) electrons. The molecule has 0 saturated carbocycles. The first-order chi connectivity index (χ1) is 9.31. The maximum Gasteiger partial charge on any atom is 0.326 e. The van der Waals surface area contributed by atoms with E-state index in [1.807, 2.05) is 10.6 Å². The topological polar surface area (TPSA) is 116 Å². The fourth-order valence-corrected chi connectivity index (χ4v) is 1.47. The van der Waals surface area contributed by atoms with Crippen LogP contribution >= 0.6 is 11.6 Å². The maximum atomic E-state index is 13.5. The van der Waals surface area contributed by atoms with E-state index in [1.54, 1.807) is 0 Å². The van der Waals surface area contributed by atoms with E-state index >= 15 is 0 Å². The van der Waals surface area contributed by atoms with Gasteiger partial charge >= 0.3 is 18.0 Å². The molecule has 108 valence electrons. The van der Waals surface area contributed by atoms with Crippen molar-refractivity contribution < 1.29 is 29.0 Å². The summed E-state index contributed by atoms with van der Waals surface area (Å²) in [6.07, 6.45) is -0.805. The third-order valence-electron chi connectivity index (χ3n) is 2.18. The van der Waals surface area contributed by atoms with Gasteiger partial charge < -0.3 is 20.8 Å². The van der Waals surface area contributed by atoms with Gasteiger partial charge in [0.15, 0.2) is 5.82 Å². The summed E-state index contributed by atoms with van der Waals surface area (Å²) in [5.41, 5.74) is -0.255. The first-order valence-electron chi connectivity index (χ1n) is 5.27. The van der Waals surface area contributed by atoms with Crippen LogP contribution in [0.2, 0.25) is 5.02 Å². The largest absolute Gasteiger partial charge is 0.481 e. The third kappa shape index (κ3) is 4.39. The molecule has 1 atom stereocenters. The van der Waals surface area contributed by atoms with Crippen LogP contribution in [0, 0.1) is 5.82 Å². The molecule has 4 N–H and O–H groups in total. The number of aliphatic carboxylic acids is 2. The van der Waals surface area contributed by atoms with Gasteiger partial charge in [0.05, 0.1) is 17.1 Å². The lowest BCUT2D eigenvalue weighted by Crippen LogP contribution is -2.44. The monoisotopic (exact) mass is 304 g/mol. The first kappa shape index (κ1) is 15.7. The Hall–Kier alpha value is -2.35. The van der Waals surface area contributed by atoms with Crippen molar-refractivity contribution in [2.45, 2.75) is 12.5 Å². The zero-order chi connectivity index (χ0) is 15.3. The Morgan fingerprint density at radius 1 is 1.30 bits per heavy atom. The minimum atomic E-state index is -1.63. The molecular formula is C11H10ClFN2O5. The summed E-state index contributed by atoms with van der Waals surface area (Å²) >= 11 is 5.50. The molecule has 7 nitrogen and oxygen atoms in total. The van der Waals surface area contributed by atoms with Crippen LogP contribution in [-0.4, -0.2) is 34.2 Å². The predicted octanol–water partition coefficient (Wildman–Crippen LogP) is 1.53. The van der Waals surface area contributed by atoms with Gasteiger partial charge in [-0.05, 0) is 12.1 Å². The molecule has 20 heavy (non-hydrogen) atoms. The standard InChI is InChI=1S/C11H10ClFN2O5/c12-5-2-1-3-6(9(5)13)14-11(20)15-7(10(18)19)4-8(16)17/h1-3,7H,4H2,(H,16,17)(H,18,19)(H2,14,15,20)/t7-/m0/s1. The van der Waals surface area contributed by atoms with Gasteiger partial charge in [-0.1, -0.05) is 17.7 Å². The second kappa shape index (κ2) is 6.71. The lowest BCUT2D eigenvalue weighted by molar-refractivity contribution is -0.145. The molecule has 1 rings (SSSR count). The van der Waals surface area contributed by atoms with E-state index in [4.69, 9.17) is 21.8 Å². The van der Waals surface area contributed by atoms with E-state index < -0.39 is 36.2 Å². The molecular weight excluding hydrogens is 295 g/mol. The number of hydrogen-bond donors (Lipinski definition) is 4. The number of nitrogens with one attached hydrogen (secondary N) is 2. The number of amides is 2. The molecule has 0 spiro atoms. The molecule has 0 heterocycles. The number of halogens is 2. The Morgan fingerprint density at radius 2 is 1.95 bits per heavy atom. The summed E-state index contributed by atoms with van der Waals surface area (Å²) in [6.45, 7) is 0. The van der Waals surface area contributed by atoms with E-state index in [0.717, 1.165) is 0 Å². The molecule has 0 bridgehead atoms. The Kier molecular flexibility index (Phi) is 5.27. The zero-order valence-corrected chi connectivity index (χ0v) is 10.6. The van der Waals surface area contributed by atoms with Crippen LogP contribution < -0.4 is 10.6 Å². The van der Waals surface area contributed by atoms with E-state index in [1.165, 1.54) is 18.2 Å². The minimum absolute atomic E-state index is 0.219. The lowest BCUT2D eigenvalue weighted by atomic mass is 10.2. The molecule has 0 aliphatic rings. The summed E-state index contributed by atoms with van der Waals surface area (Å²) < 4.78 is 13.5. The number of carbonyl (C=O) groups excluding carboxylic acids is 1. The van der Waals surface area contributed by atoms with Crippen LogP contribution in [0.5, 0.6) is 0 Å². The van der Waals surface area contributed by atoms with Crippen molar-refractivity contribution in [2.24, 2.45) is 0 Å². The number of carboxylic acid groups (broad SMARTS) is 2. The van der Waals surface area contributed by atoms with Gasteiger partial charge in [0.2, 0.25) is 0 Å². The average Bonchev–Trinajstić information content (AvgIpc) is 2.33. The number of rotatable bonds is 5. The normalized spacial score (nSPS) is 11.5. The van der Waals surface area contributed by atoms with Crippen molar-refractivity contribution in [3.63, 3.8) is 0 Å². The number of benzene rings is 1. The van der Waals surface area contributed by atoms with Crippen LogP contribution in [0.3, 0.4) is 0 Å². The highest BCUT2D eigenvalue weighted by Crippen LogP contribution is 2.21. The average molecular weight is 305 g/mol. The van der Waals surface area contributed by atoms with Gasteiger partial charge in [-0.15, -0.1) is 0 Å². The van der Waals surface area contributed by atoms with E-state index in [0.29, 0.717) is 0 Å². The molecule has 0 fully saturated rings. The summed E-state index contributed by atoms with van der Waals surface area (Å²) in [5.74, 6) is -3.80. The second-order valence-electron chi connectivity index (χ2n) is 3.69. The van der Waals surface area contributed by atoms with Gasteiger partial charge in [-0.2, -0.15) is 0 Å². The van der Waals surface area contributed by atoms with Crippen LogP contribution in [0.4, 0.5) is 14.9 Å². The number of anilines is 1. The van der Waals surface area contributed by atoms with E-state index in [2.05, 4.69) is 0 Å². The van der Waals surface area contributed by atoms with Crippen molar-refractivity contribution in [3.8, 4) is 0 Å². The quantitative estimate of drug-likeness (QED) is 0.658. The molecule has 0 unspecified atom stereocenters. The van der Waals surface area contributed by atoms with Crippen LogP contribution in [0.15, 0.2) is 18.2 Å². The highest BCUT2D eigenvalue weighted by atomic mass is 35.5. The highest BCUT2D eigenvalue weighted by molar-refractivity contribution is 6.31. The first-order valence-corrected chi connectivity index (χ1v) is 5.65. The van der Waals surface area contributed by atoms with Gasteiger partial charge in [0.25, 0.3) is 0 Å². The van der Waals surface area contributed by atoms with Crippen molar-refractivity contribution in [2.75, 3.05) is 5.32 Å². The van der Waals surface area contributed by atoms with E-state index in [9.17, 15) is 18.8 Å². The summed E-state index contributed by atoms with van der Waals surface area (Å²) in [6, 6.07) is 1.18. The Bertz CT molecular complexity index is 552. The van der Waals surface area contributed by atoms with Crippen LogP contribution in [0.1, 0.15) is 6.42 Å². The fraction of sp³-hybridized carbons (Fsp3) is 0.182. The second-order valence-corrected chi connectivity index (χ2v) is 4.10. The Balaban J connectivity index is 2.73. The van der Waals surface area contributed by atoms with Crippen molar-refractivity contribution in [3.05, 3.63) is 29.0 Å². The molecule has 1 aromatic carbocycles. The van der Waals surface area contributed by atoms with Crippen molar-refractivity contribution in [1.82, 2.24) is 5.32 Å². The fourth-order valence-electron chi connectivity index (χ4n) is 1.29. The highest BCUT2D eigenvalue weighted by Gasteiger charge is 2.23. The molecule has 2 amide bonds. The van der Waals surface area contributed by atoms with Crippen LogP contribution in [0.25, 0.3) is 0 Å². The number of carbonyl (C=O) groups is 3. The van der Waals surface area contributed by atoms with E-state index in [-0.39, 0.29) is 10.7 Å². The zero-order valence-electron chi connectivity index (χ0n) is 9.89. The summed E-state index contributed by atoms with van der Waals surface area (Å²) in [4.78, 5) is 32.7. The summed E-state index contributed by atoms with van der Waals surface area (Å²) in [5, 5.41) is 21.0. The third-order valence-corrected chi connectivity index (χ3v) is 2.47. The van der Waals surface area contributed by atoms with Gasteiger partial charge in [0.1, 0.15) is 6.04 Å². The number of carboxylic acids is 2. The van der Waals surface area contributed by atoms with Gasteiger partial charge in [-0.25, -0.2) is 14.0 Å². The molecule has 9 heteroatoms. The van der Waals surface area contributed by atoms with Crippen molar-refractivity contribution >= 4 is 35.3 Å². The molecule has 0 saturated heterocycles. The Morgan fingerprint density at radius 3 is 2.50 bits per heavy atom. The molecule has 0 aliphatic carbocycles. The summed E-state index contributed by atoms with van der Waals surface area (Å²) in [7, 11) is 0. The minimum Gasteiger partial charge on any atom is -0.481 e. The van der Waals surface area contributed by atoms with Gasteiger partial charge in [-0.3, -0.25) is 4.79 Å². The molecule has 1 aromatic rings. The maximum absolute atomic E-state index is 13.5. The predicted molar refractivity (Wildman–Crippen MR) is 67.2 cm³/mol. The SMILES string of the molecule is O=C(O)C[C@H](NC(=O)Nc1cccc(Cl)c1F)C(=O)O. The van der Waals surface area contributed by atoms with Crippen molar-refractivity contribution in [1.29, 1.82) is 0 Å². The smallest absolute Gasteiger partial charge is 0.326 e. The number of hydrogen-bond acceptors (Lipinski definition) is 3. The van der Waals surface area contributed by atoms with Crippen LogP contribution in [-0.2, 0) is 9.59 Å². The lowest BCUT2D eigenvalue weighted by Gasteiger charge is -2.13. The van der Waals surface area contributed by atoms with Gasteiger partial charge in [0, 0.05) is 0 Å².